The molecule has 0 aliphatic heterocycles. The first-order valence-electron chi connectivity index (χ1n) is 5.79. The van der Waals surface area contributed by atoms with E-state index in [4.69, 9.17) is 0 Å². The Bertz CT molecular complexity index is 436. The van der Waals surface area contributed by atoms with Gasteiger partial charge in [-0.3, -0.25) is 3.11 Å². The van der Waals surface area contributed by atoms with Gasteiger partial charge in [0.05, 0.1) is 5.75 Å². The molecule has 0 aliphatic rings. The van der Waals surface area contributed by atoms with Crippen LogP contribution in [0.25, 0.3) is 0 Å². The molecule has 0 saturated heterocycles. The average Bonchev–Trinajstić information content (AvgIpc) is 2.28. The van der Waals surface area contributed by atoms with Crippen molar-refractivity contribution in [3.05, 3.63) is 0 Å². The Balaban J connectivity index is 4.73. The van der Waals surface area contributed by atoms with Crippen LogP contribution < -0.4 is 4.72 Å². The molecule has 0 saturated carbocycles. The number of halogens is 8. The van der Waals surface area contributed by atoms with Crippen LogP contribution in [0.3, 0.4) is 0 Å². The number of hydrogen-bond donors (Lipinski definition) is 1. The first kappa shape index (κ1) is 22.1. The fourth-order valence-corrected chi connectivity index (χ4v) is 2.81. The van der Waals surface area contributed by atoms with Crippen molar-refractivity contribution in [2.24, 2.45) is 0 Å². The zero-order valence-corrected chi connectivity index (χ0v) is 14.2. The highest BCUT2D eigenvalue weighted by Crippen LogP contribution is 2.48. The minimum Gasteiger partial charge on any atom is -0.251 e. The maximum absolute atomic E-state index is 13.3. The topological polar surface area (TPSA) is 49.4 Å². The lowest BCUT2D eigenvalue weighted by atomic mass is 10.0. The van der Waals surface area contributed by atoms with Crippen LogP contribution >= 0.6 is 22.9 Å². The molecule has 0 rings (SSSR count). The molecule has 0 amide bonds. The van der Waals surface area contributed by atoms with E-state index in [0.717, 1.165) is 0 Å². The highest BCUT2D eigenvalue weighted by molar-refractivity contribution is 14.1. The molecule has 0 aromatic heterocycles. The fraction of sp³-hybridized carbons (Fsp3) is 1.00. The summed E-state index contributed by atoms with van der Waals surface area (Å²) in [4.78, 5) is 0. The van der Waals surface area contributed by atoms with Crippen molar-refractivity contribution in [3.8, 4) is 0 Å². The van der Waals surface area contributed by atoms with Gasteiger partial charge < -0.3 is 0 Å². The van der Waals surface area contributed by atoms with Crippen molar-refractivity contribution in [2.45, 2.75) is 30.9 Å². The number of nitrogens with zero attached hydrogens (tertiary/aromatic N) is 1. The van der Waals surface area contributed by atoms with E-state index in [1.165, 1.54) is 0 Å². The fourth-order valence-electron chi connectivity index (χ4n) is 1.32. The Morgan fingerprint density at radius 2 is 1.50 bits per heavy atom. The molecule has 0 unspecified atom stereocenters. The standard InChI is InChI=1S/C9H14F7IN2O2S/c1-19(17)5-2-4-18-22(20,21)6-3-7(10,8(11,12)13)9(14,15)16/h18H,2-6H2,1H3. The summed E-state index contributed by atoms with van der Waals surface area (Å²) < 4.78 is 113. The molecule has 0 bridgehead atoms. The molecule has 0 aromatic carbocycles. The summed E-state index contributed by atoms with van der Waals surface area (Å²) in [5.74, 6) is -1.62. The monoisotopic (exact) mass is 474 g/mol. The molecule has 0 spiro atoms. The van der Waals surface area contributed by atoms with Gasteiger partial charge in [-0.25, -0.2) is 17.5 Å². The Hall–Kier alpha value is 0.110. The summed E-state index contributed by atoms with van der Waals surface area (Å²) in [5, 5.41) is 0. The van der Waals surface area contributed by atoms with Crippen molar-refractivity contribution in [2.75, 3.05) is 25.9 Å². The molecular formula is C9H14F7IN2O2S. The number of sulfonamides is 1. The summed E-state index contributed by atoms with van der Waals surface area (Å²) in [7, 11) is -2.76. The van der Waals surface area contributed by atoms with Crippen molar-refractivity contribution < 1.29 is 39.2 Å². The minimum atomic E-state index is -6.25. The normalized spacial score (nSPS) is 14.6. The smallest absolute Gasteiger partial charge is 0.251 e. The Labute approximate surface area is 137 Å². The van der Waals surface area contributed by atoms with Crippen LogP contribution in [0.1, 0.15) is 12.8 Å². The number of hydrogen-bond acceptors (Lipinski definition) is 3. The van der Waals surface area contributed by atoms with Crippen LogP contribution in [-0.4, -0.2) is 55.4 Å². The maximum atomic E-state index is 13.3. The predicted molar refractivity (Wildman–Crippen MR) is 73.6 cm³/mol. The maximum Gasteiger partial charge on any atom is 0.431 e. The average molecular weight is 474 g/mol. The van der Waals surface area contributed by atoms with Crippen LogP contribution in [-0.2, 0) is 10.0 Å². The van der Waals surface area contributed by atoms with E-state index >= 15 is 0 Å². The summed E-state index contributed by atoms with van der Waals surface area (Å²) in [6, 6.07) is 0. The van der Waals surface area contributed by atoms with Gasteiger partial charge in [-0.05, 0) is 13.5 Å². The van der Waals surface area contributed by atoms with Gasteiger partial charge in [0.2, 0.25) is 10.0 Å². The molecule has 13 heteroatoms. The predicted octanol–water partition coefficient (Wildman–Crippen LogP) is 2.80. The number of rotatable bonds is 8. The second kappa shape index (κ2) is 7.79. The molecule has 0 fully saturated rings. The van der Waals surface area contributed by atoms with Crippen molar-refractivity contribution >= 4 is 32.9 Å². The van der Waals surface area contributed by atoms with Crippen LogP contribution in [0.4, 0.5) is 30.7 Å². The highest BCUT2D eigenvalue weighted by Gasteiger charge is 2.72. The second-order valence-electron chi connectivity index (χ2n) is 4.44. The van der Waals surface area contributed by atoms with Crippen LogP contribution in [0.2, 0.25) is 0 Å². The molecule has 4 nitrogen and oxygen atoms in total. The van der Waals surface area contributed by atoms with Crippen molar-refractivity contribution in [3.63, 3.8) is 0 Å². The van der Waals surface area contributed by atoms with Gasteiger partial charge in [0.1, 0.15) is 0 Å². The van der Waals surface area contributed by atoms with Crippen molar-refractivity contribution in [1.29, 1.82) is 0 Å². The molecular weight excluding hydrogens is 460 g/mol. The van der Waals surface area contributed by atoms with E-state index < -0.39 is 40.2 Å². The van der Waals surface area contributed by atoms with Crippen LogP contribution in [0.5, 0.6) is 0 Å². The molecule has 22 heavy (non-hydrogen) atoms. The summed E-state index contributed by atoms with van der Waals surface area (Å²) in [6.45, 7) is 0.272. The van der Waals surface area contributed by atoms with Crippen LogP contribution in [0, 0.1) is 0 Å². The van der Waals surface area contributed by atoms with Crippen LogP contribution in [0.15, 0.2) is 0 Å². The lowest BCUT2D eigenvalue weighted by molar-refractivity contribution is -0.341. The minimum absolute atomic E-state index is 0.174. The van der Waals surface area contributed by atoms with Gasteiger partial charge in [0, 0.05) is 42.4 Å². The molecule has 0 atom stereocenters. The van der Waals surface area contributed by atoms with E-state index in [2.05, 4.69) is 0 Å². The SMILES string of the molecule is CN(I)CCCNS(=O)(=O)CCC(F)(C(F)(F)F)C(F)(F)F. The van der Waals surface area contributed by atoms with E-state index in [1.54, 1.807) is 10.2 Å². The zero-order chi connectivity index (χ0) is 17.8. The van der Waals surface area contributed by atoms with Gasteiger partial charge in [0.15, 0.2) is 0 Å². The third-order valence-corrected chi connectivity index (χ3v) is 4.45. The Kier molecular flexibility index (Phi) is 7.83. The molecule has 1 N–H and O–H groups in total. The Morgan fingerprint density at radius 1 is 1.05 bits per heavy atom. The first-order chi connectivity index (χ1) is 9.62. The lowest BCUT2D eigenvalue weighted by Crippen LogP contribution is -2.54. The van der Waals surface area contributed by atoms with E-state index in [9.17, 15) is 39.2 Å². The van der Waals surface area contributed by atoms with E-state index in [1.807, 2.05) is 27.6 Å². The van der Waals surface area contributed by atoms with Gasteiger partial charge in [0.25, 0.3) is 5.67 Å². The number of alkyl halides is 7. The molecule has 0 radical (unpaired) electrons. The number of nitrogens with one attached hydrogen (secondary N) is 1. The molecule has 0 aromatic rings. The third kappa shape index (κ3) is 6.70. The Morgan fingerprint density at radius 3 is 1.86 bits per heavy atom. The zero-order valence-electron chi connectivity index (χ0n) is 11.2. The van der Waals surface area contributed by atoms with Crippen molar-refractivity contribution in [1.82, 2.24) is 7.84 Å². The summed E-state index contributed by atoms with van der Waals surface area (Å²) >= 11 is 1.90. The quantitative estimate of drug-likeness (QED) is 0.255. The molecule has 0 heterocycles. The van der Waals surface area contributed by atoms with Gasteiger partial charge >= 0.3 is 12.4 Å². The second-order valence-corrected chi connectivity index (χ2v) is 8.02. The van der Waals surface area contributed by atoms with Gasteiger partial charge in [-0.15, -0.1) is 0 Å². The highest BCUT2D eigenvalue weighted by atomic mass is 127. The molecule has 134 valence electrons. The third-order valence-electron chi connectivity index (χ3n) is 2.58. The molecule has 0 aliphatic carbocycles. The summed E-state index contributed by atoms with van der Waals surface area (Å²) in [5.41, 5.74) is -5.56. The van der Waals surface area contributed by atoms with Gasteiger partial charge in [-0.2, -0.15) is 26.3 Å². The van der Waals surface area contributed by atoms with E-state index in [0.29, 0.717) is 6.54 Å². The lowest BCUT2D eigenvalue weighted by Gasteiger charge is -2.29. The van der Waals surface area contributed by atoms with E-state index in [-0.39, 0.29) is 13.0 Å². The van der Waals surface area contributed by atoms with Gasteiger partial charge in [-0.1, -0.05) is 0 Å². The largest absolute Gasteiger partial charge is 0.431 e. The summed E-state index contributed by atoms with van der Waals surface area (Å²) in [6.07, 6.45) is -14.4. The first-order valence-corrected chi connectivity index (χ1v) is 8.41.